The summed E-state index contributed by atoms with van der Waals surface area (Å²) in [6, 6.07) is 4.84. The van der Waals surface area contributed by atoms with E-state index in [0.717, 1.165) is 25.1 Å². The first-order valence-electron chi connectivity index (χ1n) is 5.47. The fraction of sp³-hybridized carbons (Fsp3) is 0.500. The Bertz CT molecular complexity index is 332. The van der Waals surface area contributed by atoms with Crippen molar-refractivity contribution in [3.05, 3.63) is 23.8 Å². The normalized spacial score (nSPS) is 21.5. The van der Waals surface area contributed by atoms with Crippen LogP contribution in [0, 0.1) is 5.92 Å². The molecule has 2 rings (SSSR count). The van der Waals surface area contributed by atoms with Crippen molar-refractivity contribution in [3.8, 4) is 11.5 Å². The predicted molar refractivity (Wildman–Crippen MR) is 59.1 cm³/mol. The molecule has 0 spiro atoms. The lowest BCUT2D eigenvalue weighted by molar-refractivity contribution is 0.369. The maximum Gasteiger partial charge on any atom is 0.122 e. The highest BCUT2D eigenvalue weighted by Gasteiger charge is 2.15. The highest BCUT2D eigenvalue weighted by atomic mass is 16.3. The third kappa shape index (κ3) is 2.63. The molecular weight excluding hydrogens is 190 g/mol. The van der Waals surface area contributed by atoms with Gasteiger partial charge in [-0.15, -0.1) is 0 Å². The van der Waals surface area contributed by atoms with Gasteiger partial charge in [-0.2, -0.15) is 0 Å². The summed E-state index contributed by atoms with van der Waals surface area (Å²) in [6.45, 7) is 2.14. The second-order valence-electron chi connectivity index (χ2n) is 4.23. The molecule has 0 aromatic heterocycles. The summed E-state index contributed by atoms with van der Waals surface area (Å²) in [6.07, 6.45) is 3.32. The van der Waals surface area contributed by atoms with Gasteiger partial charge in [0.1, 0.15) is 11.5 Å². The Kier molecular flexibility index (Phi) is 3.11. The summed E-state index contributed by atoms with van der Waals surface area (Å²) < 4.78 is 0. The largest absolute Gasteiger partial charge is 0.508 e. The van der Waals surface area contributed by atoms with E-state index in [1.165, 1.54) is 18.9 Å². The number of phenolic OH excluding ortho intramolecular Hbond substituents is 2. The monoisotopic (exact) mass is 207 g/mol. The van der Waals surface area contributed by atoms with Crippen molar-refractivity contribution in [2.75, 3.05) is 13.1 Å². The van der Waals surface area contributed by atoms with Gasteiger partial charge >= 0.3 is 0 Å². The van der Waals surface area contributed by atoms with Crippen molar-refractivity contribution in [2.45, 2.75) is 19.3 Å². The number of rotatable bonds is 2. The van der Waals surface area contributed by atoms with Crippen LogP contribution in [-0.2, 0) is 6.42 Å². The van der Waals surface area contributed by atoms with Gasteiger partial charge in [-0.05, 0) is 49.9 Å². The number of benzene rings is 1. The molecule has 3 nitrogen and oxygen atoms in total. The summed E-state index contributed by atoms with van der Waals surface area (Å²) in [5.41, 5.74) is 0.932. The summed E-state index contributed by atoms with van der Waals surface area (Å²) in [5, 5.41) is 22.2. The lowest BCUT2D eigenvalue weighted by atomic mass is 9.92. The van der Waals surface area contributed by atoms with Gasteiger partial charge in [0.25, 0.3) is 0 Å². The highest BCUT2D eigenvalue weighted by Crippen LogP contribution is 2.26. The maximum absolute atomic E-state index is 9.64. The molecule has 15 heavy (non-hydrogen) atoms. The van der Waals surface area contributed by atoms with E-state index in [1.54, 1.807) is 12.1 Å². The zero-order valence-corrected chi connectivity index (χ0v) is 8.74. The van der Waals surface area contributed by atoms with Crippen LogP contribution < -0.4 is 5.32 Å². The summed E-state index contributed by atoms with van der Waals surface area (Å²) in [4.78, 5) is 0. The van der Waals surface area contributed by atoms with E-state index in [0.29, 0.717) is 5.92 Å². The maximum atomic E-state index is 9.64. The number of hydrogen-bond acceptors (Lipinski definition) is 3. The van der Waals surface area contributed by atoms with Gasteiger partial charge in [-0.3, -0.25) is 0 Å². The number of aromatic hydroxyl groups is 2. The van der Waals surface area contributed by atoms with Crippen molar-refractivity contribution in [2.24, 2.45) is 5.92 Å². The molecule has 0 aliphatic carbocycles. The first-order valence-corrected chi connectivity index (χ1v) is 5.47. The number of nitrogens with one attached hydrogen (secondary N) is 1. The van der Waals surface area contributed by atoms with E-state index in [1.807, 2.05) is 0 Å². The Labute approximate surface area is 89.8 Å². The molecule has 3 N–H and O–H groups in total. The second-order valence-corrected chi connectivity index (χ2v) is 4.23. The molecule has 1 aliphatic heterocycles. The fourth-order valence-electron chi connectivity index (χ4n) is 2.13. The first kappa shape index (κ1) is 10.3. The van der Waals surface area contributed by atoms with Crippen molar-refractivity contribution in [3.63, 3.8) is 0 Å². The standard InChI is InChI=1S/C12H17NO2/c14-11-4-3-10(12(15)7-11)6-9-2-1-5-13-8-9/h3-4,7,9,13-15H,1-2,5-6,8H2. The molecule has 82 valence electrons. The minimum absolute atomic E-state index is 0.123. The van der Waals surface area contributed by atoms with Crippen LogP contribution in [0.25, 0.3) is 0 Å². The third-order valence-corrected chi connectivity index (χ3v) is 2.98. The topological polar surface area (TPSA) is 52.5 Å². The number of piperidine rings is 1. The van der Waals surface area contributed by atoms with Crippen LogP contribution in [0.3, 0.4) is 0 Å². The van der Waals surface area contributed by atoms with E-state index in [-0.39, 0.29) is 11.5 Å². The molecule has 1 saturated heterocycles. The predicted octanol–water partition coefficient (Wildman–Crippen LogP) is 1.64. The molecule has 1 fully saturated rings. The molecule has 3 heteroatoms. The Hall–Kier alpha value is -1.22. The van der Waals surface area contributed by atoms with Crippen LogP contribution in [0.15, 0.2) is 18.2 Å². The summed E-state index contributed by atoms with van der Waals surface area (Å²) in [7, 11) is 0. The molecule has 0 bridgehead atoms. The lowest BCUT2D eigenvalue weighted by Crippen LogP contribution is -2.30. The molecule has 1 aromatic carbocycles. The molecule has 1 aromatic rings. The van der Waals surface area contributed by atoms with Gasteiger partial charge in [0.05, 0.1) is 0 Å². The van der Waals surface area contributed by atoms with Gasteiger partial charge in [0, 0.05) is 6.07 Å². The molecule has 1 heterocycles. The van der Waals surface area contributed by atoms with Crippen LogP contribution in [0.4, 0.5) is 0 Å². The van der Waals surface area contributed by atoms with E-state index in [4.69, 9.17) is 0 Å². The van der Waals surface area contributed by atoms with E-state index in [9.17, 15) is 10.2 Å². The minimum Gasteiger partial charge on any atom is -0.508 e. The Morgan fingerprint density at radius 1 is 1.33 bits per heavy atom. The zero-order chi connectivity index (χ0) is 10.7. The Morgan fingerprint density at radius 3 is 2.87 bits per heavy atom. The van der Waals surface area contributed by atoms with Gasteiger partial charge in [0.15, 0.2) is 0 Å². The number of hydrogen-bond donors (Lipinski definition) is 3. The first-order chi connectivity index (χ1) is 7.25. The van der Waals surface area contributed by atoms with Crippen molar-refractivity contribution >= 4 is 0 Å². The quantitative estimate of drug-likeness (QED) is 0.691. The summed E-state index contributed by atoms with van der Waals surface area (Å²) >= 11 is 0. The van der Waals surface area contributed by atoms with Crippen molar-refractivity contribution in [1.82, 2.24) is 5.32 Å². The van der Waals surface area contributed by atoms with Crippen molar-refractivity contribution < 1.29 is 10.2 Å². The second kappa shape index (κ2) is 4.53. The van der Waals surface area contributed by atoms with Crippen LogP contribution >= 0.6 is 0 Å². The van der Waals surface area contributed by atoms with Gasteiger partial charge in [0.2, 0.25) is 0 Å². The SMILES string of the molecule is Oc1ccc(CC2CCCNC2)c(O)c1. The molecule has 0 saturated carbocycles. The third-order valence-electron chi connectivity index (χ3n) is 2.98. The van der Waals surface area contributed by atoms with Gasteiger partial charge in [-0.1, -0.05) is 6.07 Å². The average Bonchev–Trinajstić information content (AvgIpc) is 2.24. The molecule has 1 atom stereocenters. The fourth-order valence-corrected chi connectivity index (χ4v) is 2.13. The van der Waals surface area contributed by atoms with E-state index >= 15 is 0 Å². The van der Waals surface area contributed by atoms with Crippen LogP contribution in [0.5, 0.6) is 11.5 Å². The van der Waals surface area contributed by atoms with Gasteiger partial charge in [-0.25, -0.2) is 0 Å². The Morgan fingerprint density at radius 2 is 2.20 bits per heavy atom. The van der Waals surface area contributed by atoms with E-state index in [2.05, 4.69) is 5.32 Å². The van der Waals surface area contributed by atoms with Crippen molar-refractivity contribution in [1.29, 1.82) is 0 Å². The smallest absolute Gasteiger partial charge is 0.122 e. The molecule has 0 amide bonds. The number of phenols is 2. The molecule has 0 radical (unpaired) electrons. The summed E-state index contributed by atoms with van der Waals surface area (Å²) in [5.74, 6) is 0.938. The Balaban J connectivity index is 2.03. The van der Waals surface area contributed by atoms with Crippen LogP contribution in [0.1, 0.15) is 18.4 Å². The van der Waals surface area contributed by atoms with Crippen LogP contribution in [-0.4, -0.2) is 23.3 Å². The molecule has 1 unspecified atom stereocenters. The average molecular weight is 207 g/mol. The minimum atomic E-state index is 0.123. The van der Waals surface area contributed by atoms with Gasteiger partial charge < -0.3 is 15.5 Å². The van der Waals surface area contributed by atoms with E-state index < -0.39 is 0 Å². The molecule has 1 aliphatic rings. The van der Waals surface area contributed by atoms with Crippen LogP contribution in [0.2, 0.25) is 0 Å². The highest BCUT2D eigenvalue weighted by molar-refractivity contribution is 5.39. The zero-order valence-electron chi connectivity index (χ0n) is 8.74. The lowest BCUT2D eigenvalue weighted by Gasteiger charge is -2.22. The molecular formula is C12H17NO2.